The van der Waals surface area contributed by atoms with Gasteiger partial charge in [0.2, 0.25) is 11.9 Å². The number of alkyl carbamates (subject to hydrolysis) is 1. The summed E-state index contributed by atoms with van der Waals surface area (Å²) in [5.74, 6) is 0.0758. The first kappa shape index (κ1) is 28.4. The van der Waals surface area contributed by atoms with Crippen LogP contribution in [0.25, 0.3) is 22.4 Å². The lowest BCUT2D eigenvalue weighted by Crippen LogP contribution is -2.43. The lowest BCUT2D eigenvalue weighted by molar-refractivity contribution is -0.129. The molecule has 0 bridgehead atoms. The van der Waals surface area contributed by atoms with Crippen LogP contribution in [0.3, 0.4) is 0 Å². The highest BCUT2D eigenvalue weighted by molar-refractivity contribution is 5.83. The molecule has 0 radical (unpaired) electrons. The Kier molecular flexibility index (Phi) is 8.15. The summed E-state index contributed by atoms with van der Waals surface area (Å²) in [7, 11) is 0. The summed E-state index contributed by atoms with van der Waals surface area (Å²) in [5, 5.41) is 2.50. The monoisotopic (exact) mass is 569 g/mol. The van der Waals surface area contributed by atoms with E-state index in [2.05, 4.69) is 10.3 Å². The van der Waals surface area contributed by atoms with Gasteiger partial charge in [-0.25, -0.2) is 23.5 Å². The van der Waals surface area contributed by atoms with Crippen molar-refractivity contribution in [1.29, 1.82) is 0 Å². The number of carbonyl (C=O) groups is 2. The number of nitrogens with zero attached hydrogens (tertiary/aromatic N) is 6. The highest BCUT2D eigenvalue weighted by atomic mass is 19.3. The highest BCUT2D eigenvalue weighted by Gasteiger charge is 2.26. The van der Waals surface area contributed by atoms with Crippen LogP contribution in [0.5, 0.6) is 0 Å². The third kappa shape index (κ3) is 6.62. The van der Waals surface area contributed by atoms with E-state index in [1.807, 2.05) is 11.0 Å². The second-order valence-electron chi connectivity index (χ2n) is 10.8. The first-order valence-corrected chi connectivity index (χ1v) is 13.5. The molecule has 2 aromatic heterocycles. The molecule has 0 spiro atoms. The summed E-state index contributed by atoms with van der Waals surface area (Å²) in [4.78, 5) is 41.9. The minimum atomic E-state index is -2.81. The van der Waals surface area contributed by atoms with Crippen LogP contribution in [-0.2, 0) is 14.3 Å². The molecular formula is C28H33F2N7O4. The molecule has 1 fully saturated rings. The van der Waals surface area contributed by atoms with Gasteiger partial charge in [-0.3, -0.25) is 9.36 Å². The van der Waals surface area contributed by atoms with Crippen LogP contribution >= 0.6 is 0 Å². The predicted molar refractivity (Wildman–Crippen MR) is 148 cm³/mol. The first-order valence-electron chi connectivity index (χ1n) is 13.5. The largest absolute Gasteiger partial charge is 0.444 e. The van der Waals surface area contributed by atoms with Crippen molar-refractivity contribution in [2.75, 3.05) is 50.8 Å². The number of morpholine rings is 1. The Morgan fingerprint density at radius 3 is 2.54 bits per heavy atom. The van der Waals surface area contributed by atoms with E-state index in [4.69, 9.17) is 19.4 Å². The van der Waals surface area contributed by atoms with E-state index in [1.165, 1.54) is 4.57 Å². The van der Waals surface area contributed by atoms with E-state index < -0.39 is 23.9 Å². The van der Waals surface area contributed by atoms with Crippen molar-refractivity contribution in [3.8, 4) is 5.82 Å². The zero-order valence-electron chi connectivity index (χ0n) is 23.3. The Labute approximate surface area is 236 Å². The van der Waals surface area contributed by atoms with Gasteiger partial charge in [0.05, 0.1) is 29.9 Å². The molecule has 0 saturated carbocycles. The second-order valence-corrected chi connectivity index (χ2v) is 10.8. The summed E-state index contributed by atoms with van der Waals surface area (Å²) in [6.07, 6.45) is -1.08. The van der Waals surface area contributed by atoms with E-state index >= 15 is 0 Å². The number of nitrogens with one attached hydrogen (secondary N) is 1. The molecule has 5 rings (SSSR count). The van der Waals surface area contributed by atoms with Gasteiger partial charge in [0.15, 0.2) is 5.82 Å². The van der Waals surface area contributed by atoms with Crippen molar-refractivity contribution < 1.29 is 27.8 Å². The normalized spacial score (nSPS) is 16.2. The maximum atomic E-state index is 14.1. The predicted octanol–water partition coefficient (Wildman–Crippen LogP) is 3.73. The topological polar surface area (TPSA) is 115 Å². The number of anilines is 1. The van der Waals surface area contributed by atoms with E-state index in [9.17, 15) is 18.4 Å². The Hall–Kier alpha value is -4.13. The number of imidazole rings is 1. The number of amides is 2. The van der Waals surface area contributed by atoms with Gasteiger partial charge in [-0.05, 0) is 44.9 Å². The summed E-state index contributed by atoms with van der Waals surface area (Å²) in [5.41, 5.74) is 1.77. The van der Waals surface area contributed by atoms with Crippen molar-refractivity contribution in [2.24, 2.45) is 0 Å². The molecule has 1 aromatic carbocycles. The standard InChI is InChI=1S/C28H33F2N7O4/c1-28(2,3)41-27(39)31-17-23(38)35-10-8-18(9-11-35)20-16-22(34-26(33-20)36-12-14-40-15-13-36)37-21-7-5-4-6-19(21)32-25(37)24(29)30/h4-8,16,24H,9-15,17H2,1-3H3,(H,31,39). The third-order valence-electron chi connectivity index (χ3n) is 6.68. The maximum absolute atomic E-state index is 14.1. The smallest absolute Gasteiger partial charge is 0.408 e. The average molecular weight is 570 g/mol. The minimum absolute atomic E-state index is 0.180. The number of hydrogen-bond donors (Lipinski definition) is 1. The fraction of sp³-hybridized carbons (Fsp3) is 0.464. The van der Waals surface area contributed by atoms with Gasteiger partial charge in [-0.1, -0.05) is 18.2 Å². The number of fused-ring (bicyclic) bond motifs is 1. The lowest BCUT2D eigenvalue weighted by Gasteiger charge is -2.29. The van der Waals surface area contributed by atoms with Gasteiger partial charge >= 0.3 is 6.09 Å². The fourth-order valence-corrected chi connectivity index (χ4v) is 4.74. The number of aromatic nitrogens is 4. The number of alkyl halides is 2. The van der Waals surface area contributed by atoms with Gasteiger partial charge in [0.1, 0.15) is 18.0 Å². The molecule has 1 saturated heterocycles. The van der Waals surface area contributed by atoms with Crippen LogP contribution in [0.1, 0.15) is 45.1 Å². The van der Waals surface area contributed by atoms with Gasteiger partial charge in [-0.15, -0.1) is 0 Å². The molecular weight excluding hydrogens is 536 g/mol. The minimum Gasteiger partial charge on any atom is -0.444 e. The molecule has 218 valence electrons. The molecule has 11 nitrogen and oxygen atoms in total. The van der Waals surface area contributed by atoms with Crippen LogP contribution in [0.15, 0.2) is 36.4 Å². The van der Waals surface area contributed by atoms with E-state index in [0.717, 1.165) is 5.57 Å². The molecule has 2 aliphatic heterocycles. The quantitative estimate of drug-likeness (QED) is 0.478. The molecule has 0 unspecified atom stereocenters. The van der Waals surface area contributed by atoms with Gasteiger partial charge in [0, 0.05) is 32.2 Å². The molecule has 3 aromatic rings. The van der Waals surface area contributed by atoms with Crippen molar-refractivity contribution >= 4 is 34.6 Å². The molecule has 0 aliphatic carbocycles. The van der Waals surface area contributed by atoms with Crippen molar-refractivity contribution in [1.82, 2.24) is 29.7 Å². The van der Waals surface area contributed by atoms with E-state index in [1.54, 1.807) is 56.0 Å². The number of hydrogen-bond acceptors (Lipinski definition) is 8. The summed E-state index contributed by atoms with van der Waals surface area (Å²) in [6, 6.07) is 8.64. The van der Waals surface area contributed by atoms with Crippen molar-refractivity contribution in [3.05, 3.63) is 47.9 Å². The van der Waals surface area contributed by atoms with E-state index in [0.29, 0.717) is 74.3 Å². The highest BCUT2D eigenvalue weighted by Crippen LogP contribution is 2.30. The van der Waals surface area contributed by atoms with E-state index in [-0.39, 0.29) is 12.5 Å². The summed E-state index contributed by atoms with van der Waals surface area (Å²) < 4.78 is 40.3. The van der Waals surface area contributed by atoms with Crippen LogP contribution in [0.4, 0.5) is 19.5 Å². The Morgan fingerprint density at radius 1 is 1.10 bits per heavy atom. The Bertz CT molecular complexity index is 1460. The fourth-order valence-electron chi connectivity index (χ4n) is 4.74. The van der Waals surface area contributed by atoms with Gasteiger partial charge in [0.25, 0.3) is 6.43 Å². The zero-order valence-corrected chi connectivity index (χ0v) is 23.3. The first-order chi connectivity index (χ1) is 19.6. The molecule has 4 heterocycles. The molecule has 2 aliphatic rings. The molecule has 41 heavy (non-hydrogen) atoms. The number of para-hydroxylation sites is 2. The number of rotatable bonds is 6. The average Bonchev–Trinajstić information content (AvgIpc) is 3.36. The van der Waals surface area contributed by atoms with Crippen molar-refractivity contribution in [2.45, 2.75) is 39.2 Å². The number of ether oxygens (including phenoxy) is 2. The van der Waals surface area contributed by atoms with Crippen LogP contribution < -0.4 is 10.2 Å². The lowest BCUT2D eigenvalue weighted by atomic mass is 10.0. The molecule has 1 N–H and O–H groups in total. The molecule has 0 atom stereocenters. The SMILES string of the molecule is CC(C)(C)OC(=O)NCC(=O)N1CC=C(c2cc(-n3c(C(F)F)nc4ccccc43)nc(N3CCOCC3)n2)CC1. The van der Waals surface area contributed by atoms with Crippen molar-refractivity contribution in [3.63, 3.8) is 0 Å². The van der Waals surface area contributed by atoms with Crippen LogP contribution in [-0.4, -0.2) is 88.0 Å². The van der Waals surface area contributed by atoms with Gasteiger partial charge < -0.3 is 24.6 Å². The van der Waals surface area contributed by atoms with Crippen LogP contribution in [0.2, 0.25) is 0 Å². The summed E-state index contributed by atoms with van der Waals surface area (Å²) in [6.45, 7) is 7.94. The molecule has 13 heteroatoms. The maximum Gasteiger partial charge on any atom is 0.408 e. The number of halogens is 2. The number of benzene rings is 1. The third-order valence-corrected chi connectivity index (χ3v) is 6.68. The van der Waals surface area contributed by atoms with Crippen LogP contribution in [0, 0.1) is 0 Å². The zero-order chi connectivity index (χ0) is 29.1. The Morgan fingerprint density at radius 2 is 1.85 bits per heavy atom. The summed E-state index contributed by atoms with van der Waals surface area (Å²) >= 11 is 0. The van der Waals surface area contributed by atoms with Gasteiger partial charge in [-0.2, -0.15) is 4.98 Å². The Balaban J connectivity index is 1.43. The number of carbonyl (C=O) groups excluding carboxylic acids is 2. The molecule has 2 amide bonds. The second kappa shape index (κ2) is 11.8.